The molecule has 1 N–H and O–H groups in total. The van der Waals surface area contributed by atoms with Crippen LogP contribution in [0.2, 0.25) is 0 Å². The van der Waals surface area contributed by atoms with E-state index in [1.54, 1.807) is 11.3 Å². The number of alkyl halides is 2. The van der Waals surface area contributed by atoms with Gasteiger partial charge in [-0.3, -0.25) is 0 Å². The first kappa shape index (κ1) is 13.0. The standard InChI is InChI=1S/C13H19F2NS/c1-2-16-12(11-5-7-17-9-11)10-4-3-6-13(14,15)8-10/h5,7,9-10,12,16H,2-4,6,8H2,1H3. The number of nitrogens with one attached hydrogen (secondary N) is 1. The second-order valence-corrected chi connectivity index (χ2v) is 5.58. The van der Waals surface area contributed by atoms with Gasteiger partial charge in [0.2, 0.25) is 5.92 Å². The maximum Gasteiger partial charge on any atom is 0.248 e. The van der Waals surface area contributed by atoms with Gasteiger partial charge in [0.1, 0.15) is 0 Å². The van der Waals surface area contributed by atoms with Crippen LogP contribution in [0.1, 0.15) is 44.2 Å². The SMILES string of the molecule is CCNC(c1ccsc1)C1CCCC(F)(F)C1. The second kappa shape index (κ2) is 5.44. The Hall–Kier alpha value is -0.480. The van der Waals surface area contributed by atoms with Crippen LogP contribution in [-0.2, 0) is 0 Å². The van der Waals surface area contributed by atoms with Gasteiger partial charge in [-0.05, 0) is 47.7 Å². The summed E-state index contributed by atoms with van der Waals surface area (Å²) in [6.07, 6.45) is 1.64. The zero-order valence-electron chi connectivity index (χ0n) is 10.1. The summed E-state index contributed by atoms with van der Waals surface area (Å²) in [4.78, 5) is 0. The van der Waals surface area contributed by atoms with E-state index in [0.717, 1.165) is 13.0 Å². The molecular formula is C13H19F2NS. The number of halogens is 2. The highest BCUT2D eigenvalue weighted by Gasteiger charge is 2.39. The van der Waals surface area contributed by atoms with E-state index in [4.69, 9.17) is 0 Å². The molecule has 1 aliphatic rings. The molecule has 0 bridgehead atoms. The van der Waals surface area contributed by atoms with Crippen molar-refractivity contribution in [2.45, 2.75) is 44.6 Å². The van der Waals surface area contributed by atoms with Crippen molar-refractivity contribution in [2.75, 3.05) is 6.54 Å². The summed E-state index contributed by atoms with van der Waals surface area (Å²) in [7, 11) is 0. The minimum atomic E-state index is -2.47. The van der Waals surface area contributed by atoms with Crippen molar-refractivity contribution >= 4 is 11.3 Å². The molecule has 1 nitrogen and oxygen atoms in total. The number of hydrogen-bond acceptors (Lipinski definition) is 2. The maximum absolute atomic E-state index is 13.5. The second-order valence-electron chi connectivity index (χ2n) is 4.80. The van der Waals surface area contributed by atoms with Crippen molar-refractivity contribution in [3.8, 4) is 0 Å². The average Bonchev–Trinajstić information content (AvgIpc) is 2.77. The van der Waals surface area contributed by atoms with E-state index < -0.39 is 5.92 Å². The molecule has 0 amide bonds. The van der Waals surface area contributed by atoms with Crippen molar-refractivity contribution in [3.63, 3.8) is 0 Å². The Balaban J connectivity index is 2.10. The summed E-state index contributed by atoms with van der Waals surface area (Å²) < 4.78 is 26.9. The molecule has 1 aromatic rings. The number of hydrogen-bond donors (Lipinski definition) is 1. The maximum atomic E-state index is 13.5. The smallest absolute Gasteiger partial charge is 0.248 e. The zero-order chi connectivity index (χ0) is 12.3. The molecule has 96 valence electrons. The van der Waals surface area contributed by atoms with Crippen molar-refractivity contribution in [1.29, 1.82) is 0 Å². The Morgan fingerprint density at radius 3 is 3.00 bits per heavy atom. The minimum Gasteiger partial charge on any atom is -0.310 e. The van der Waals surface area contributed by atoms with Gasteiger partial charge in [0.15, 0.2) is 0 Å². The van der Waals surface area contributed by atoms with Gasteiger partial charge >= 0.3 is 0 Å². The summed E-state index contributed by atoms with van der Waals surface area (Å²) in [5.74, 6) is -2.40. The van der Waals surface area contributed by atoms with E-state index >= 15 is 0 Å². The predicted octanol–water partition coefficient (Wildman–Crippen LogP) is 4.22. The van der Waals surface area contributed by atoms with E-state index in [9.17, 15) is 8.78 Å². The van der Waals surface area contributed by atoms with E-state index in [0.29, 0.717) is 6.42 Å². The van der Waals surface area contributed by atoms with Crippen LogP contribution in [0.15, 0.2) is 16.8 Å². The van der Waals surface area contributed by atoms with Gasteiger partial charge in [0, 0.05) is 18.9 Å². The lowest BCUT2D eigenvalue weighted by molar-refractivity contribution is -0.0583. The summed E-state index contributed by atoms with van der Waals surface area (Å²) in [6, 6.07) is 2.14. The number of thiophene rings is 1. The van der Waals surface area contributed by atoms with Gasteiger partial charge in [-0.15, -0.1) is 0 Å². The van der Waals surface area contributed by atoms with E-state index in [-0.39, 0.29) is 24.8 Å². The Bertz CT molecular complexity index is 337. The van der Waals surface area contributed by atoms with E-state index in [2.05, 4.69) is 10.7 Å². The first-order chi connectivity index (χ1) is 8.12. The van der Waals surface area contributed by atoms with Crippen molar-refractivity contribution < 1.29 is 8.78 Å². The minimum absolute atomic E-state index is 0.0283. The predicted molar refractivity (Wildman–Crippen MR) is 67.6 cm³/mol. The Morgan fingerprint density at radius 2 is 2.41 bits per heavy atom. The lowest BCUT2D eigenvalue weighted by Gasteiger charge is -2.34. The highest BCUT2D eigenvalue weighted by molar-refractivity contribution is 7.07. The Kier molecular flexibility index (Phi) is 4.15. The summed E-state index contributed by atoms with van der Waals surface area (Å²) >= 11 is 1.63. The normalized spacial score (nSPS) is 25.7. The largest absolute Gasteiger partial charge is 0.310 e. The Morgan fingerprint density at radius 1 is 1.59 bits per heavy atom. The van der Waals surface area contributed by atoms with Crippen LogP contribution in [-0.4, -0.2) is 12.5 Å². The molecule has 0 radical (unpaired) electrons. The third-order valence-corrected chi connectivity index (χ3v) is 4.18. The molecular weight excluding hydrogens is 240 g/mol. The van der Waals surface area contributed by atoms with Crippen molar-refractivity contribution in [3.05, 3.63) is 22.4 Å². The zero-order valence-corrected chi connectivity index (χ0v) is 10.9. The monoisotopic (exact) mass is 259 g/mol. The summed E-state index contributed by atoms with van der Waals surface area (Å²) in [5.41, 5.74) is 1.17. The fraction of sp³-hybridized carbons (Fsp3) is 0.692. The lowest BCUT2D eigenvalue weighted by atomic mass is 9.80. The first-order valence-electron chi connectivity index (χ1n) is 6.25. The molecule has 1 fully saturated rings. The van der Waals surface area contributed by atoms with Crippen LogP contribution in [0.5, 0.6) is 0 Å². The third kappa shape index (κ3) is 3.26. The van der Waals surface area contributed by atoms with Crippen LogP contribution in [0.25, 0.3) is 0 Å². The van der Waals surface area contributed by atoms with Crippen molar-refractivity contribution in [2.24, 2.45) is 5.92 Å². The van der Waals surface area contributed by atoms with Crippen LogP contribution in [0.4, 0.5) is 8.78 Å². The van der Waals surface area contributed by atoms with Gasteiger partial charge in [0.05, 0.1) is 0 Å². The van der Waals surface area contributed by atoms with Gasteiger partial charge in [-0.2, -0.15) is 11.3 Å². The number of rotatable bonds is 4. The van der Waals surface area contributed by atoms with Crippen LogP contribution in [0, 0.1) is 5.92 Å². The lowest BCUT2D eigenvalue weighted by Crippen LogP contribution is -2.35. The van der Waals surface area contributed by atoms with E-state index in [1.165, 1.54) is 5.56 Å². The van der Waals surface area contributed by atoms with Gasteiger partial charge in [0.25, 0.3) is 0 Å². The topological polar surface area (TPSA) is 12.0 Å². The molecule has 0 aromatic carbocycles. The fourth-order valence-corrected chi connectivity index (χ4v) is 3.42. The molecule has 4 heteroatoms. The first-order valence-corrected chi connectivity index (χ1v) is 7.20. The molecule has 2 atom stereocenters. The Labute approximate surface area is 105 Å². The summed E-state index contributed by atoms with van der Waals surface area (Å²) in [6.45, 7) is 2.85. The molecule has 2 unspecified atom stereocenters. The highest BCUT2D eigenvalue weighted by Crippen LogP contribution is 2.42. The van der Waals surface area contributed by atoms with Gasteiger partial charge in [-0.25, -0.2) is 8.78 Å². The van der Waals surface area contributed by atoms with Crippen LogP contribution < -0.4 is 5.32 Å². The third-order valence-electron chi connectivity index (χ3n) is 3.48. The fourth-order valence-electron chi connectivity index (χ4n) is 2.72. The molecule has 0 saturated heterocycles. The quantitative estimate of drug-likeness (QED) is 0.853. The summed E-state index contributed by atoms with van der Waals surface area (Å²) in [5, 5.41) is 7.45. The molecule has 1 aromatic heterocycles. The van der Waals surface area contributed by atoms with Gasteiger partial charge in [-0.1, -0.05) is 6.92 Å². The molecule has 2 rings (SSSR count). The van der Waals surface area contributed by atoms with Crippen LogP contribution in [0.3, 0.4) is 0 Å². The molecule has 17 heavy (non-hydrogen) atoms. The van der Waals surface area contributed by atoms with Crippen LogP contribution >= 0.6 is 11.3 Å². The highest BCUT2D eigenvalue weighted by atomic mass is 32.1. The molecule has 1 aliphatic carbocycles. The molecule has 1 saturated carbocycles. The van der Waals surface area contributed by atoms with Crippen molar-refractivity contribution in [1.82, 2.24) is 5.32 Å². The molecule has 0 aliphatic heterocycles. The van der Waals surface area contributed by atoms with Gasteiger partial charge < -0.3 is 5.32 Å². The average molecular weight is 259 g/mol. The van der Waals surface area contributed by atoms with E-state index in [1.807, 2.05) is 18.4 Å². The molecule has 1 heterocycles. The molecule has 0 spiro atoms.